The minimum absolute atomic E-state index is 0.118. The van der Waals surface area contributed by atoms with E-state index < -0.39 is 17.4 Å². The highest BCUT2D eigenvalue weighted by Gasteiger charge is 2.33. The standard InChI is InChI=1S/C20H18F3NO4S/c1-11(2)19(16-4-3-7-29-16)24-17(25)10-27-12-5-6-13-14(20(21,22)23)9-18(26)28-15(13)8-12/h3-9,11,19H,10H2,1-2H3,(H,24,25). The average Bonchev–Trinajstić information content (AvgIpc) is 3.16. The van der Waals surface area contributed by atoms with Gasteiger partial charge >= 0.3 is 11.8 Å². The highest BCUT2D eigenvalue weighted by atomic mass is 32.1. The number of carbonyl (C=O) groups is 1. The van der Waals surface area contributed by atoms with Crippen LogP contribution in [0.25, 0.3) is 11.0 Å². The molecule has 1 unspecified atom stereocenters. The zero-order valence-electron chi connectivity index (χ0n) is 15.6. The molecule has 2 heterocycles. The summed E-state index contributed by atoms with van der Waals surface area (Å²) in [4.78, 5) is 24.7. The Kier molecular flexibility index (Phi) is 5.97. The second-order valence-electron chi connectivity index (χ2n) is 6.73. The number of benzene rings is 1. The maximum absolute atomic E-state index is 13.1. The summed E-state index contributed by atoms with van der Waals surface area (Å²) in [5.74, 6) is -0.0941. The van der Waals surface area contributed by atoms with Crippen molar-refractivity contribution in [3.8, 4) is 5.75 Å². The number of rotatable bonds is 6. The van der Waals surface area contributed by atoms with Crippen LogP contribution in [0.1, 0.15) is 30.3 Å². The van der Waals surface area contributed by atoms with Crippen molar-refractivity contribution in [3.63, 3.8) is 0 Å². The lowest BCUT2D eigenvalue weighted by Crippen LogP contribution is -2.34. The van der Waals surface area contributed by atoms with Crippen LogP contribution in [0.2, 0.25) is 0 Å². The fourth-order valence-electron chi connectivity index (χ4n) is 2.87. The van der Waals surface area contributed by atoms with E-state index in [1.165, 1.54) is 23.5 Å². The molecule has 3 rings (SSSR count). The number of fused-ring (bicyclic) bond motifs is 1. The van der Waals surface area contributed by atoms with Gasteiger partial charge in [-0.25, -0.2) is 4.79 Å². The van der Waals surface area contributed by atoms with E-state index in [-0.39, 0.29) is 41.2 Å². The number of thiophene rings is 1. The molecule has 1 atom stereocenters. The predicted molar refractivity (Wildman–Crippen MR) is 103 cm³/mol. The Bertz CT molecular complexity index is 1060. The van der Waals surface area contributed by atoms with Crippen LogP contribution < -0.4 is 15.7 Å². The maximum Gasteiger partial charge on any atom is 0.417 e. The van der Waals surface area contributed by atoms with Crippen molar-refractivity contribution in [2.45, 2.75) is 26.1 Å². The number of nitrogens with one attached hydrogen (secondary N) is 1. The first-order chi connectivity index (χ1) is 13.6. The van der Waals surface area contributed by atoms with Crippen molar-refractivity contribution < 1.29 is 27.1 Å². The van der Waals surface area contributed by atoms with E-state index in [0.29, 0.717) is 6.07 Å². The summed E-state index contributed by atoms with van der Waals surface area (Å²) < 4.78 is 49.5. The van der Waals surface area contributed by atoms with Gasteiger partial charge in [-0.2, -0.15) is 13.2 Å². The Hall–Kier alpha value is -2.81. The molecule has 154 valence electrons. The van der Waals surface area contributed by atoms with Crippen LogP contribution in [0, 0.1) is 5.92 Å². The van der Waals surface area contributed by atoms with E-state index in [0.717, 1.165) is 10.9 Å². The van der Waals surface area contributed by atoms with Gasteiger partial charge in [0.15, 0.2) is 6.61 Å². The third-order valence-corrected chi connectivity index (χ3v) is 5.18. The fourth-order valence-corrected chi connectivity index (χ4v) is 3.82. The molecule has 0 aliphatic heterocycles. The van der Waals surface area contributed by atoms with Gasteiger partial charge in [-0.05, 0) is 29.5 Å². The van der Waals surface area contributed by atoms with Gasteiger partial charge in [-0.3, -0.25) is 4.79 Å². The topological polar surface area (TPSA) is 68.5 Å². The van der Waals surface area contributed by atoms with Crippen LogP contribution in [0.5, 0.6) is 5.75 Å². The van der Waals surface area contributed by atoms with Crippen molar-refractivity contribution in [1.29, 1.82) is 0 Å². The van der Waals surface area contributed by atoms with Crippen LogP contribution in [0.4, 0.5) is 13.2 Å². The Morgan fingerprint density at radius 3 is 2.62 bits per heavy atom. The third-order valence-electron chi connectivity index (χ3n) is 4.22. The molecule has 0 spiro atoms. The van der Waals surface area contributed by atoms with Gasteiger partial charge < -0.3 is 14.5 Å². The molecule has 1 amide bonds. The molecule has 29 heavy (non-hydrogen) atoms. The van der Waals surface area contributed by atoms with Crippen LogP contribution in [0.15, 0.2) is 51.0 Å². The number of carbonyl (C=O) groups excluding carboxylic acids is 1. The number of hydrogen-bond acceptors (Lipinski definition) is 5. The van der Waals surface area contributed by atoms with Crippen molar-refractivity contribution >= 4 is 28.2 Å². The molecule has 0 saturated carbocycles. The maximum atomic E-state index is 13.1. The lowest BCUT2D eigenvalue weighted by Gasteiger charge is -2.21. The van der Waals surface area contributed by atoms with E-state index in [1.54, 1.807) is 0 Å². The van der Waals surface area contributed by atoms with E-state index in [1.807, 2.05) is 31.4 Å². The highest BCUT2D eigenvalue weighted by molar-refractivity contribution is 7.10. The molecular weight excluding hydrogens is 407 g/mol. The van der Waals surface area contributed by atoms with Gasteiger partial charge in [0.2, 0.25) is 0 Å². The van der Waals surface area contributed by atoms with Gasteiger partial charge in [0.25, 0.3) is 5.91 Å². The lowest BCUT2D eigenvalue weighted by molar-refractivity contribution is -0.136. The van der Waals surface area contributed by atoms with E-state index in [9.17, 15) is 22.8 Å². The zero-order chi connectivity index (χ0) is 21.2. The number of amides is 1. The lowest BCUT2D eigenvalue weighted by atomic mass is 10.0. The average molecular weight is 425 g/mol. The van der Waals surface area contributed by atoms with E-state index in [4.69, 9.17) is 9.15 Å². The van der Waals surface area contributed by atoms with Crippen molar-refractivity contribution in [3.05, 3.63) is 62.6 Å². The Balaban J connectivity index is 1.74. The third kappa shape index (κ3) is 4.97. The molecule has 0 bridgehead atoms. The first-order valence-electron chi connectivity index (χ1n) is 8.76. The molecule has 0 aliphatic rings. The van der Waals surface area contributed by atoms with Crippen LogP contribution in [-0.2, 0) is 11.0 Å². The SMILES string of the molecule is CC(C)C(NC(=O)COc1ccc2c(C(F)(F)F)cc(=O)oc2c1)c1cccs1. The minimum Gasteiger partial charge on any atom is -0.484 e. The predicted octanol–water partition coefficient (Wildman–Crippen LogP) is 4.77. The molecule has 9 heteroatoms. The quantitative estimate of drug-likeness (QED) is 0.578. The second-order valence-corrected chi connectivity index (χ2v) is 7.71. The Labute approximate surface area is 168 Å². The van der Waals surface area contributed by atoms with Crippen molar-refractivity contribution in [2.75, 3.05) is 6.61 Å². The van der Waals surface area contributed by atoms with Gasteiger partial charge in [0, 0.05) is 22.4 Å². The second kappa shape index (κ2) is 8.28. The summed E-state index contributed by atoms with van der Waals surface area (Å²) in [6.45, 7) is 3.63. The molecule has 0 fully saturated rings. The summed E-state index contributed by atoms with van der Waals surface area (Å²) in [5.41, 5.74) is -2.46. The van der Waals surface area contributed by atoms with Gasteiger partial charge in [0.1, 0.15) is 11.3 Å². The van der Waals surface area contributed by atoms with Crippen molar-refractivity contribution in [2.24, 2.45) is 5.92 Å². The van der Waals surface area contributed by atoms with Crippen LogP contribution in [0.3, 0.4) is 0 Å². The molecule has 0 saturated heterocycles. The molecular formula is C20H18F3NO4S. The number of halogens is 3. The number of ether oxygens (including phenoxy) is 1. The monoisotopic (exact) mass is 425 g/mol. The zero-order valence-corrected chi connectivity index (χ0v) is 16.4. The first kappa shape index (κ1) is 20.9. The molecule has 2 aromatic heterocycles. The highest BCUT2D eigenvalue weighted by Crippen LogP contribution is 2.34. The summed E-state index contributed by atoms with van der Waals surface area (Å²) in [5, 5.41) is 4.55. The Morgan fingerprint density at radius 2 is 2.00 bits per heavy atom. The molecule has 0 aliphatic carbocycles. The molecule has 1 N–H and O–H groups in total. The van der Waals surface area contributed by atoms with Crippen molar-refractivity contribution in [1.82, 2.24) is 5.32 Å². The minimum atomic E-state index is -4.69. The summed E-state index contributed by atoms with van der Waals surface area (Å²) in [6.07, 6.45) is -4.69. The molecule has 5 nitrogen and oxygen atoms in total. The molecule has 0 radical (unpaired) electrons. The van der Waals surface area contributed by atoms with Crippen LogP contribution in [-0.4, -0.2) is 12.5 Å². The largest absolute Gasteiger partial charge is 0.484 e. The van der Waals surface area contributed by atoms with Gasteiger partial charge in [-0.1, -0.05) is 19.9 Å². The summed E-state index contributed by atoms with van der Waals surface area (Å²) in [6, 6.07) is 7.68. The summed E-state index contributed by atoms with van der Waals surface area (Å²) >= 11 is 1.53. The fraction of sp³-hybridized carbons (Fsp3) is 0.300. The summed E-state index contributed by atoms with van der Waals surface area (Å²) in [7, 11) is 0. The Morgan fingerprint density at radius 1 is 1.24 bits per heavy atom. The van der Waals surface area contributed by atoms with Gasteiger partial charge in [-0.15, -0.1) is 11.3 Å². The van der Waals surface area contributed by atoms with Gasteiger partial charge in [0.05, 0.1) is 11.6 Å². The number of alkyl halides is 3. The van der Waals surface area contributed by atoms with Crippen LogP contribution >= 0.6 is 11.3 Å². The smallest absolute Gasteiger partial charge is 0.417 e. The van der Waals surface area contributed by atoms with E-state index in [2.05, 4.69) is 5.32 Å². The van der Waals surface area contributed by atoms with E-state index >= 15 is 0 Å². The molecule has 3 aromatic rings. The normalized spacial score (nSPS) is 12.9. The number of hydrogen-bond donors (Lipinski definition) is 1. The molecule has 1 aromatic carbocycles. The first-order valence-corrected chi connectivity index (χ1v) is 9.64.